The molecule has 0 amide bonds. The highest BCUT2D eigenvalue weighted by Crippen LogP contribution is 2.52. The molecule has 14 heteroatoms. The van der Waals surface area contributed by atoms with E-state index in [4.69, 9.17) is 24.5 Å². The summed E-state index contributed by atoms with van der Waals surface area (Å²) in [5, 5.41) is 14.2. The number of rotatable bonds is 3. The normalized spacial score (nSPS) is 23.0. The summed E-state index contributed by atoms with van der Waals surface area (Å²) in [5.74, 6) is -4.15. The standard InChI is InChI=1S/C21H25N3O.2C2HF3O2/c1-2-6-18-17(5-1)19-14-23(13-16-4-3-7-22-12-16)15-20(19)21(18)24-8-10-25-11-9-24;2*3-2(4,5)1(6)7/h1-7,12,19-21H,8-11,13-15H2;2*(H,6,7)/t19-,20-,21-;;/m0../s1. The zero-order valence-electron chi connectivity index (χ0n) is 20.5. The fourth-order valence-electron chi connectivity index (χ4n) is 5.11. The molecule has 2 aromatic rings. The molecule has 0 spiro atoms. The van der Waals surface area contributed by atoms with Gasteiger partial charge < -0.3 is 14.9 Å². The number of nitrogens with zero attached hydrogens (tertiary/aromatic N) is 3. The maximum absolute atomic E-state index is 10.6. The molecule has 0 unspecified atom stereocenters. The number of carbonyl (C=O) groups is 2. The van der Waals surface area contributed by atoms with Crippen molar-refractivity contribution in [3.05, 3.63) is 65.5 Å². The van der Waals surface area contributed by atoms with Gasteiger partial charge in [0.15, 0.2) is 0 Å². The molecule has 0 bridgehead atoms. The van der Waals surface area contributed by atoms with Crippen LogP contribution in [0.1, 0.15) is 28.7 Å². The third kappa shape index (κ3) is 8.13. The molecule has 2 N–H and O–H groups in total. The summed E-state index contributed by atoms with van der Waals surface area (Å²) in [6.45, 7) is 7.22. The van der Waals surface area contributed by atoms with E-state index in [-0.39, 0.29) is 0 Å². The molecule has 1 aromatic heterocycles. The number of fused-ring (bicyclic) bond motifs is 3. The van der Waals surface area contributed by atoms with Gasteiger partial charge in [0.1, 0.15) is 0 Å². The molecule has 1 aliphatic carbocycles. The van der Waals surface area contributed by atoms with Gasteiger partial charge in [0.2, 0.25) is 0 Å². The number of carboxylic acid groups (broad SMARTS) is 2. The highest BCUT2D eigenvalue weighted by Gasteiger charge is 2.48. The van der Waals surface area contributed by atoms with Crippen molar-refractivity contribution in [2.24, 2.45) is 5.92 Å². The number of aliphatic carboxylic acids is 2. The minimum absolute atomic E-state index is 0.559. The fourth-order valence-corrected chi connectivity index (χ4v) is 5.11. The molecule has 1 aromatic carbocycles. The molecule has 3 atom stereocenters. The summed E-state index contributed by atoms with van der Waals surface area (Å²) in [5.41, 5.74) is 4.47. The zero-order chi connectivity index (χ0) is 28.8. The SMILES string of the molecule is O=C(O)C(F)(F)F.O=C(O)C(F)(F)F.c1cncc(CN2C[C@H]3[C@@H](C2)c2ccccc2[C@@H]3N2CCOCC2)c1. The van der Waals surface area contributed by atoms with E-state index in [0.717, 1.165) is 39.4 Å². The monoisotopic (exact) mass is 563 g/mol. The second kappa shape index (κ2) is 12.7. The quantitative estimate of drug-likeness (QED) is 0.542. The van der Waals surface area contributed by atoms with Crippen molar-refractivity contribution in [1.29, 1.82) is 0 Å². The number of morpholine rings is 1. The van der Waals surface area contributed by atoms with Gasteiger partial charge in [-0.05, 0) is 28.7 Å². The van der Waals surface area contributed by atoms with E-state index >= 15 is 0 Å². The van der Waals surface area contributed by atoms with Gasteiger partial charge in [0.25, 0.3) is 0 Å². The molecule has 5 rings (SSSR count). The Morgan fingerprint density at radius 1 is 0.897 bits per heavy atom. The van der Waals surface area contributed by atoms with Crippen molar-refractivity contribution in [2.75, 3.05) is 39.4 Å². The first-order chi connectivity index (χ1) is 18.3. The Morgan fingerprint density at radius 3 is 1.97 bits per heavy atom. The van der Waals surface area contributed by atoms with Crippen LogP contribution < -0.4 is 0 Å². The van der Waals surface area contributed by atoms with Crippen LogP contribution >= 0.6 is 0 Å². The molecule has 0 radical (unpaired) electrons. The highest BCUT2D eigenvalue weighted by molar-refractivity contribution is 5.73. The molecule has 3 heterocycles. The molecule has 2 fully saturated rings. The predicted molar refractivity (Wildman–Crippen MR) is 125 cm³/mol. The molecule has 39 heavy (non-hydrogen) atoms. The summed E-state index contributed by atoms with van der Waals surface area (Å²) in [6, 6.07) is 13.9. The largest absolute Gasteiger partial charge is 0.490 e. The first-order valence-corrected chi connectivity index (χ1v) is 11.9. The average molecular weight is 563 g/mol. The number of hydrogen-bond acceptors (Lipinski definition) is 6. The zero-order valence-corrected chi connectivity index (χ0v) is 20.5. The van der Waals surface area contributed by atoms with E-state index in [1.807, 2.05) is 18.5 Å². The van der Waals surface area contributed by atoms with Crippen LogP contribution in [0.5, 0.6) is 0 Å². The Bertz CT molecular complexity index is 1090. The average Bonchev–Trinajstić information content (AvgIpc) is 3.41. The fraction of sp³-hybridized carbons (Fsp3) is 0.480. The number of pyridine rings is 1. The minimum Gasteiger partial charge on any atom is -0.475 e. The van der Waals surface area contributed by atoms with Gasteiger partial charge in [0.05, 0.1) is 13.2 Å². The second-order valence-corrected chi connectivity index (χ2v) is 9.15. The molecular weight excluding hydrogens is 536 g/mol. The second-order valence-electron chi connectivity index (χ2n) is 9.15. The van der Waals surface area contributed by atoms with Crippen LogP contribution in [0, 0.1) is 5.92 Å². The van der Waals surface area contributed by atoms with Gasteiger partial charge in [-0.2, -0.15) is 26.3 Å². The number of hydrogen-bond donors (Lipinski definition) is 2. The lowest BCUT2D eigenvalue weighted by molar-refractivity contribution is -0.193. The third-order valence-electron chi connectivity index (χ3n) is 6.61. The molecule has 3 aliphatic rings. The Morgan fingerprint density at radius 2 is 1.46 bits per heavy atom. The van der Waals surface area contributed by atoms with Crippen LogP contribution in [0.4, 0.5) is 26.3 Å². The summed E-state index contributed by atoms with van der Waals surface area (Å²) < 4.78 is 69.1. The molecule has 214 valence electrons. The number of benzene rings is 1. The molecule has 0 saturated carbocycles. The van der Waals surface area contributed by atoms with E-state index in [1.165, 1.54) is 12.1 Å². The van der Waals surface area contributed by atoms with Crippen LogP contribution in [0.15, 0.2) is 48.8 Å². The van der Waals surface area contributed by atoms with Crippen molar-refractivity contribution in [2.45, 2.75) is 30.9 Å². The minimum atomic E-state index is -5.08. The molecule has 2 saturated heterocycles. The molecular formula is C25H27F6N3O5. The van der Waals surface area contributed by atoms with E-state index in [2.05, 4.69) is 45.1 Å². The summed E-state index contributed by atoms with van der Waals surface area (Å²) in [7, 11) is 0. The van der Waals surface area contributed by atoms with Gasteiger partial charge >= 0.3 is 24.3 Å². The number of ether oxygens (including phenoxy) is 1. The van der Waals surface area contributed by atoms with Crippen molar-refractivity contribution in [3.63, 3.8) is 0 Å². The van der Waals surface area contributed by atoms with Crippen molar-refractivity contribution >= 4 is 11.9 Å². The van der Waals surface area contributed by atoms with Gasteiger partial charge in [-0.15, -0.1) is 0 Å². The smallest absolute Gasteiger partial charge is 0.475 e. The summed E-state index contributed by atoms with van der Waals surface area (Å²) in [6.07, 6.45) is -6.31. The van der Waals surface area contributed by atoms with Crippen molar-refractivity contribution < 1.29 is 50.9 Å². The maximum atomic E-state index is 10.6. The molecule has 2 aliphatic heterocycles. The summed E-state index contributed by atoms with van der Waals surface area (Å²) in [4.78, 5) is 27.4. The summed E-state index contributed by atoms with van der Waals surface area (Å²) >= 11 is 0. The van der Waals surface area contributed by atoms with E-state index < -0.39 is 24.3 Å². The lowest BCUT2D eigenvalue weighted by Crippen LogP contribution is -2.41. The van der Waals surface area contributed by atoms with Crippen molar-refractivity contribution in [1.82, 2.24) is 14.8 Å². The van der Waals surface area contributed by atoms with Crippen LogP contribution in [0.2, 0.25) is 0 Å². The number of halogens is 6. The predicted octanol–water partition coefficient (Wildman–Crippen LogP) is 3.95. The Labute approximate surface area is 219 Å². The topological polar surface area (TPSA) is 103 Å². The first-order valence-electron chi connectivity index (χ1n) is 11.9. The third-order valence-corrected chi connectivity index (χ3v) is 6.61. The lowest BCUT2D eigenvalue weighted by atomic mass is 9.93. The van der Waals surface area contributed by atoms with E-state index in [9.17, 15) is 26.3 Å². The van der Waals surface area contributed by atoms with Crippen LogP contribution in [0.3, 0.4) is 0 Å². The van der Waals surface area contributed by atoms with E-state index in [0.29, 0.717) is 17.9 Å². The van der Waals surface area contributed by atoms with Crippen LogP contribution in [-0.4, -0.2) is 88.7 Å². The lowest BCUT2D eigenvalue weighted by Gasteiger charge is -2.36. The molecule has 8 nitrogen and oxygen atoms in total. The Balaban J connectivity index is 0.000000251. The number of carboxylic acids is 2. The van der Waals surface area contributed by atoms with Crippen LogP contribution in [0.25, 0.3) is 0 Å². The van der Waals surface area contributed by atoms with Gasteiger partial charge in [-0.3, -0.25) is 14.8 Å². The van der Waals surface area contributed by atoms with Gasteiger partial charge in [-0.1, -0.05) is 30.3 Å². The van der Waals surface area contributed by atoms with Crippen LogP contribution in [-0.2, 0) is 20.9 Å². The Hall–Kier alpha value is -3.23. The van der Waals surface area contributed by atoms with Gasteiger partial charge in [0, 0.05) is 57.1 Å². The first kappa shape index (κ1) is 30.3. The van der Waals surface area contributed by atoms with Crippen molar-refractivity contribution in [3.8, 4) is 0 Å². The van der Waals surface area contributed by atoms with Gasteiger partial charge in [-0.25, -0.2) is 9.59 Å². The Kier molecular flexibility index (Phi) is 9.91. The maximum Gasteiger partial charge on any atom is 0.490 e. The van der Waals surface area contributed by atoms with E-state index in [1.54, 1.807) is 11.1 Å². The number of likely N-dealkylation sites (tertiary alicyclic amines) is 1. The number of alkyl halides is 6. The number of aromatic nitrogens is 1. The highest BCUT2D eigenvalue weighted by atomic mass is 19.4.